The summed E-state index contributed by atoms with van der Waals surface area (Å²) in [5.41, 5.74) is 6.33. The molecule has 1 aromatic heterocycles. The summed E-state index contributed by atoms with van der Waals surface area (Å²) >= 11 is 1.49. The first-order valence-corrected chi connectivity index (χ1v) is 4.88. The predicted octanol–water partition coefficient (Wildman–Crippen LogP) is 0.840. The van der Waals surface area contributed by atoms with Crippen LogP contribution in [0.2, 0.25) is 0 Å². The van der Waals surface area contributed by atoms with Crippen molar-refractivity contribution in [2.45, 2.75) is 24.1 Å². The molecule has 3 N–H and O–H groups in total. The quantitative estimate of drug-likeness (QED) is 0.557. The average Bonchev–Trinajstić information content (AvgIpc) is 2.02. The standard InChI is InChI=1S/C8H13N3OS/c1-5-3-7(11-8(9)10-5)13-6(2)4-12/h3,6,12H,4H2,1-2H3,(H2,9,10,11). The Morgan fingerprint density at radius 1 is 1.62 bits per heavy atom. The fourth-order valence-electron chi connectivity index (χ4n) is 0.866. The van der Waals surface area contributed by atoms with Crippen molar-refractivity contribution in [3.8, 4) is 0 Å². The average molecular weight is 199 g/mol. The van der Waals surface area contributed by atoms with E-state index in [4.69, 9.17) is 10.8 Å². The minimum atomic E-state index is 0.133. The van der Waals surface area contributed by atoms with Crippen LogP contribution in [0.25, 0.3) is 0 Å². The number of thioether (sulfide) groups is 1. The number of hydrogen-bond donors (Lipinski definition) is 2. The molecule has 72 valence electrons. The summed E-state index contributed by atoms with van der Waals surface area (Å²) in [7, 11) is 0. The van der Waals surface area contributed by atoms with Crippen molar-refractivity contribution in [2.24, 2.45) is 0 Å². The zero-order valence-corrected chi connectivity index (χ0v) is 8.51. The Hall–Kier alpha value is -0.810. The minimum absolute atomic E-state index is 0.133. The lowest BCUT2D eigenvalue weighted by molar-refractivity contribution is 0.300. The van der Waals surface area contributed by atoms with Crippen molar-refractivity contribution >= 4 is 17.7 Å². The van der Waals surface area contributed by atoms with Crippen LogP contribution < -0.4 is 5.73 Å². The second-order valence-corrected chi connectivity index (χ2v) is 4.28. The monoisotopic (exact) mass is 199 g/mol. The predicted molar refractivity (Wildman–Crippen MR) is 53.6 cm³/mol. The maximum Gasteiger partial charge on any atom is 0.221 e. The van der Waals surface area contributed by atoms with Crippen molar-refractivity contribution in [2.75, 3.05) is 12.3 Å². The number of nitrogen functional groups attached to an aromatic ring is 1. The van der Waals surface area contributed by atoms with Gasteiger partial charge in [-0.1, -0.05) is 6.92 Å². The fraction of sp³-hybridized carbons (Fsp3) is 0.500. The van der Waals surface area contributed by atoms with Crippen LogP contribution in [0.4, 0.5) is 5.95 Å². The first kappa shape index (κ1) is 10.3. The van der Waals surface area contributed by atoms with Crippen LogP contribution in [0.5, 0.6) is 0 Å². The highest BCUT2D eigenvalue weighted by Crippen LogP contribution is 2.21. The van der Waals surface area contributed by atoms with E-state index < -0.39 is 0 Å². The van der Waals surface area contributed by atoms with Gasteiger partial charge in [0, 0.05) is 10.9 Å². The van der Waals surface area contributed by atoms with Crippen molar-refractivity contribution < 1.29 is 5.11 Å². The molecule has 0 saturated heterocycles. The molecule has 0 saturated carbocycles. The van der Waals surface area contributed by atoms with Crippen molar-refractivity contribution in [3.63, 3.8) is 0 Å². The number of nitrogens with two attached hydrogens (primary N) is 1. The van der Waals surface area contributed by atoms with Gasteiger partial charge < -0.3 is 10.8 Å². The molecule has 0 radical (unpaired) electrons. The fourth-order valence-corrected chi connectivity index (χ4v) is 1.74. The molecule has 4 nitrogen and oxygen atoms in total. The molecule has 1 heterocycles. The Balaban J connectivity index is 2.77. The highest BCUT2D eigenvalue weighted by Gasteiger charge is 2.05. The Morgan fingerprint density at radius 3 is 2.85 bits per heavy atom. The molecule has 0 bridgehead atoms. The van der Waals surface area contributed by atoms with Gasteiger partial charge in [-0.3, -0.25) is 0 Å². The molecule has 0 fully saturated rings. The van der Waals surface area contributed by atoms with Gasteiger partial charge in [-0.2, -0.15) is 0 Å². The molecule has 0 amide bonds. The van der Waals surface area contributed by atoms with Crippen LogP contribution in [0.1, 0.15) is 12.6 Å². The lowest BCUT2D eigenvalue weighted by atomic mass is 10.5. The van der Waals surface area contributed by atoms with E-state index in [9.17, 15) is 0 Å². The maximum absolute atomic E-state index is 8.84. The van der Waals surface area contributed by atoms with Gasteiger partial charge in [-0.25, -0.2) is 9.97 Å². The van der Waals surface area contributed by atoms with E-state index in [1.54, 1.807) is 0 Å². The van der Waals surface area contributed by atoms with Crippen LogP contribution in [0.15, 0.2) is 11.1 Å². The number of aromatic nitrogens is 2. The first-order valence-electron chi connectivity index (χ1n) is 4.00. The van der Waals surface area contributed by atoms with Crippen LogP contribution in [0, 0.1) is 6.92 Å². The smallest absolute Gasteiger partial charge is 0.221 e. The van der Waals surface area contributed by atoms with E-state index in [-0.39, 0.29) is 17.8 Å². The Morgan fingerprint density at radius 2 is 2.31 bits per heavy atom. The molecule has 13 heavy (non-hydrogen) atoms. The summed E-state index contributed by atoms with van der Waals surface area (Å²) in [5, 5.41) is 9.78. The molecule has 1 unspecified atom stereocenters. The molecule has 0 aliphatic carbocycles. The second kappa shape index (κ2) is 4.43. The Kier molecular flexibility index (Phi) is 3.50. The number of rotatable bonds is 3. The van der Waals surface area contributed by atoms with Crippen molar-refractivity contribution in [1.82, 2.24) is 9.97 Å². The van der Waals surface area contributed by atoms with Gasteiger partial charge in [-0.15, -0.1) is 11.8 Å². The largest absolute Gasteiger partial charge is 0.395 e. The number of aliphatic hydroxyl groups is 1. The topological polar surface area (TPSA) is 72.0 Å². The third-order valence-electron chi connectivity index (χ3n) is 1.43. The SMILES string of the molecule is Cc1cc(SC(C)CO)nc(N)n1. The van der Waals surface area contributed by atoms with E-state index in [0.717, 1.165) is 10.7 Å². The summed E-state index contributed by atoms with van der Waals surface area (Å²) < 4.78 is 0. The molecule has 1 atom stereocenters. The number of anilines is 1. The number of aryl methyl sites for hydroxylation is 1. The van der Waals surface area contributed by atoms with Crippen LogP contribution in [-0.2, 0) is 0 Å². The number of aliphatic hydroxyl groups excluding tert-OH is 1. The van der Waals surface area contributed by atoms with E-state index in [2.05, 4.69) is 9.97 Å². The van der Waals surface area contributed by atoms with Crippen LogP contribution in [0.3, 0.4) is 0 Å². The van der Waals surface area contributed by atoms with E-state index in [0.29, 0.717) is 0 Å². The molecular weight excluding hydrogens is 186 g/mol. The molecule has 1 rings (SSSR count). The van der Waals surface area contributed by atoms with Gasteiger partial charge in [0.15, 0.2) is 0 Å². The van der Waals surface area contributed by atoms with Crippen LogP contribution >= 0.6 is 11.8 Å². The highest BCUT2D eigenvalue weighted by atomic mass is 32.2. The number of hydrogen-bond acceptors (Lipinski definition) is 5. The first-order chi connectivity index (χ1) is 6.11. The maximum atomic E-state index is 8.84. The Bertz CT molecular complexity index is 272. The van der Waals surface area contributed by atoms with Gasteiger partial charge >= 0.3 is 0 Å². The summed E-state index contributed by atoms with van der Waals surface area (Å²) in [4.78, 5) is 8.00. The minimum Gasteiger partial charge on any atom is -0.395 e. The molecular formula is C8H13N3OS. The molecule has 1 aromatic rings. The van der Waals surface area contributed by atoms with Crippen LogP contribution in [-0.4, -0.2) is 26.9 Å². The molecule has 0 spiro atoms. The normalized spacial score (nSPS) is 12.8. The van der Waals surface area contributed by atoms with E-state index in [1.807, 2.05) is 19.9 Å². The zero-order valence-electron chi connectivity index (χ0n) is 7.69. The van der Waals surface area contributed by atoms with Gasteiger partial charge in [-0.05, 0) is 13.0 Å². The lowest BCUT2D eigenvalue weighted by Crippen LogP contribution is -2.04. The summed E-state index contributed by atoms with van der Waals surface area (Å²) in [6.07, 6.45) is 0. The molecule has 0 aromatic carbocycles. The van der Waals surface area contributed by atoms with Gasteiger partial charge in [0.1, 0.15) is 5.03 Å². The lowest BCUT2D eigenvalue weighted by Gasteiger charge is -2.07. The van der Waals surface area contributed by atoms with Crippen molar-refractivity contribution in [1.29, 1.82) is 0 Å². The second-order valence-electron chi connectivity index (χ2n) is 2.82. The molecule has 0 aliphatic heterocycles. The van der Waals surface area contributed by atoms with E-state index in [1.165, 1.54) is 11.8 Å². The molecule has 5 heteroatoms. The van der Waals surface area contributed by atoms with Gasteiger partial charge in [0.25, 0.3) is 0 Å². The van der Waals surface area contributed by atoms with Gasteiger partial charge in [0.05, 0.1) is 6.61 Å². The third kappa shape index (κ3) is 3.20. The Labute approximate surface area is 81.6 Å². The molecule has 0 aliphatic rings. The summed E-state index contributed by atoms with van der Waals surface area (Å²) in [5.74, 6) is 0.285. The zero-order chi connectivity index (χ0) is 9.84. The highest BCUT2D eigenvalue weighted by molar-refractivity contribution is 7.99. The van der Waals surface area contributed by atoms with Gasteiger partial charge in [0.2, 0.25) is 5.95 Å². The number of nitrogens with zero attached hydrogens (tertiary/aromatic N) is 2. The van der Waals surface area contributed by atoms with Crippen molar-refractivity contribution in [3.05, 3.63) is 11.8 Å². The summed E-state index contributed by atoms with van der Waals surface area (Å²) in [6, 6.07) is 1.85. The summed E-state index contributed by atoms with van der Waals surface area (Å²) in [6.45, 7) is 3.93. The third-order valence-corrected chi connectivity index (χ3v) is 2.43. The van der Waals surface area contributed by atoms with E-state index >= 15 is 0 Å².